The van der Waals surface area contributed by atoms with Crippen LogP contribution in [-0.4, -0.2) is 6.61 Å². The van der Waals surface area contributed by atoms with Gasteiger partial charge in [0, 0.05) is 6.61 Å². The van der Waals surface area contributed by atoms with Gasteiger partial charge < -0.3 is 4.74 Å². The van der Waals surface area contributed by atoms with E-state index in [4.69, 9.17) is 10.00 Å². The molecule has 2 heteroatoms. The number of nitrogens with zero attached hydrogens (tertiary/aromatic N) is 1. The van der Waals surface area contributed by atoms with Crippen molar-refractivity contribution >= 4 is 0 Å². The molecule has 0 aromatic heterocycles. The van der Waals surface area contributed by atoms with Crippen molar-refractivity contribution in [1.29, 1.82) is 5.26 Å². The van der Waals surface area contributed by atoms with Gasteiger partial charge in [-0.1, -0.05) is 64.0 Å². The van der Waals surface area contributed by atoms with Crippen LogP contribution in [0.15, 0.2) is 24.3 Å². The molecule has 0 N–H and O–H groups in total. The monoisotopic (exact) mass is 313 g/mol. The van der Waals surface area contributed by atoms with Crippen molar-refractivity contribution in [2.24, 2.45) is 0 Å². The smallest absolute Gasteiger partial charge is 0.0991 e. The largest absolute Gasteiger partial charge is 0.370 e. The predicted octanol–water partition coefficient (Wildman–Crippen LogP) is 6.09. The van der Waals surface area contributed by atoms with E-state index in [2.05, 4.69) is 25.1 Å². The van der Waals surface area contributed by atoms with E-state index in [-0.39, 0.29) is 5.60 Å². The zero-order valence-electron chi connectivity index (χ0n) is 14.7. The number of ether oxygens (including phenoxy) is 1. The predicted molar refractivity (Wildman–Crippen MR) is 95.2 cm³/mol. The fraction of sp³-hybridized carbons (Fsp3) is 0.667. The van der Waals surface area contributed by atoms with E-state index in [0.717, 1.165) is 25.0 Å². The molecule has 1 aromatic carbocycles. The highest BCUT2D eigenvalue weighted by Gasteiger charge is 2.39. The maximum absolute atomic E-state index is 8.91. The van der Waals surface area contributed by atoms with Crippen LogP contribution in [0.4, 0.5) is 0 Å². The summed E-state index contributed by atoms with van der Waals surface area (Å²) in [5, 5.41) is 8.91. The lowest BCUT2D eigenvalue weighted by atomic mass is 9.74. The second-order valence-corrected chi connectivity index (χ2v) is 6.86. The van der Waals surface area contributed by atoms with Gasteiger partial charge in [-0.3, -0.25) is 0 Å². The third-order valence-electron chi connectivity index (χ3n) is 5.08. The van der Waals surface area contributed by atoms with Crippen LogP contribution in [-0.2, 0) is 10.3 Å². The van der Waals surface area contributed by atoms with E-state index >= 15 is 0 Å². The number of hydrogen-bond acceptors (Lipinski definition) is 2. The third kappa shape index (κ3) is 5.36. The minimum Gasteiger partial charge on any atom is -0.370 e. The Hall–Kier alpha value is -1.33. The van der Waals surface area contributed by atoms with Gasteiger partial charge in [-0.15, -0.1) is 0 Å². The Kier molecular flexibility index (Phi) is 7.62. The van der Waals surface area contributed by atoms with E-state index < -0.39 is 0 Å². The molecule has 1 aliphatic rings. The fourth-order valence-corrected chi connectivity index (χ4v) is 3.37. The normalized spacial score (nSPS) is 15.8. The molecule has 2 rings (SSSR count). The zero-order chi connectivity index (χ0) is 16.4. The maximum Gasteiger partial charge on any atom is 0.0991 e. The molecule has 0 atom stereocenters. The van der Waals surface area contributed by atoms with E-state index in [1.54, 1.807) is 0 Å². The van der Waals surface area contributed by atoms with Crippen LogP contribution in [0, 0.1) is 11.3 Å². The summed E-state index contributed by atoms with van der Waals surface area (Å²) in [6.45, 7) is 3.14. The third-order valence-corrected chi connectivity index (χ3v) is 5.08. The molecule has 1 saturated carbocycles. The van der Waals surface area contributed by atoms with Gasteiger partial charge in [0.25, 0.3) is 0 Å². The first-order valence-corrected chi connectivity index (χ1v) is 9.45. The summed E-state index contributed by atoms with van der Waals surface area (Å²) >= 11 is 0. The summed E-state index contributed by atoms with van der Waals surface area (Å²) < 4.78 is 6.29. The molecule has 1 aliphatic carbocycles. The van der Waals surface area contributed by atoms with Crippen molar-refractivity contribution in [1.82, 2.24) is 0 Å². The molecule has 0 aliphatic heterocycles. The molecule has 0 unspecified atom stereocenters. The lowest BCUT2D eigenvalue weighted by Crippen LogP contribution is -2.37. The average Bonchev–Trinajstić information content (AvgIpc) is 2.55. The van der Waals surface area contributed by atoms with Crippen LogP contribution in [0.5, 0.6) is 0 Å². The van der Waals surface area contributed by atoms with E-state index in [1.807, 2.05) is 12.1 Å². The molecule has 0 saturated heterocycles. The Morgan fingerprint density at radius 1 is 0.957 bits per heavy atom. The van der Waals surface area contributed by atoms with Gasteiger partial charge in [0.05, 0.1) is 17.2 Å². The van der Waals surface area contributed by atoms with Crippen molar-refractivity contribution < 1.29 is 4.74 Å². The van der Waals surface area contributed by atoms with Gasteiger partial charge in [0.1, 0.15) is 0 Å². The SMILES string of the molecule is CCCCCCCCCCOC1(c2ccc(C#N)cc2)CCC1. The highest BCUT2D eigenvalue weighted by Crippen LogP contribution is 2.44. The summed E-state index contributed by atoms with van der Waals surface area (Å²) in [5.41, 5.74) is 1.92. The summed E-state index contributed by atoms with van der Waals surface area (Å²) in [4.78, 5) is 0. The summed E-state index contributed by atoms with van der Waals surface area (Å²) in [6, 6.07) is 10.2. The first-order chi connectivity index (χ1) is 11.3. The van der Waals surface area contributed by atoms with Crippen LogP contribution in [0.3, 0.4) is 0 Å². The molecule has 0 radical (unpaired) electrons. The Balaban J connectivity index is 1.66. The number of rotatable bonds is 11. The summed E-state index contributed by atoms with van der Waals surface area (Å²) in [6.07, 6.45) is 14.2. The van der Waals surface area contributed by atoms with Crippen molar-refractivity contribution in [3.63, 3.8) is 0 Å². The Labute approximate surface area is 141 Å². The van der Waals surface area contributed by atoms with Gasteiger partial charge in [0.2, 0.25) is 0 Å². The minimum atomic E-state index is -0.0604. The zero-order valence-corrected chi connectivity index (χ0v) is 14.7. The molecule has 23 heavy (non-hydrogen) atoms. The lowest BCUT2D eigenvalue weighted by Gasteiger charge is -2.42. The van der Waals surface area contributed by atoms with E-state index in [9.17, 15) is 0 Å². The minimum absolute atomic E-state index is 0.0604. The molecule has 126 valence electrons. The molecule has 0 bridgehead atoms. The summed E-state index contributed by atoms with van der Waals surface area (Å²) in [5.74, 6) is 0. The molecule has 1 aromatic rings. The standard InChI is InChI=1S/C21H31NO/c1-2-3-4-5-6-7-8-9-17-23-21(15-10-16-21)20-13-11-19(18-22)12-14-20/h11-14H,2-10,15-17H2,1H3. The van der Waals surface area contributed by atoms with Crippen LogP contribution in [0.1, 0.15) is 88.7 Å². The van der Waals surface area contributed by atoms with Crippen molar-refractivity contribution in [2.75, 3.05) is 6.61 Å². The van der Waals surface area contributed by atoms with Gasteiger partial charge in [0.15, 0.2) is 0 Å². The topological polar surface area (TPSA) is 33.0 Å². The highest BCUT2D eigenvalue weighted by atomic mass is 16.5. The lowest BCUT2D eigenvalue weighted by molar-refractivity contribution is -0.107. The van der Waals surface area contributed by atoms with Crippen LogP contribution < -0.4 is 0 Å². The molecule has 0 spiro atoms. The van der Waals surface area contributed by atoms with E-state index in [1.165, 1.54) is 63.4 Å². The van der Waals surface area contributed by atoms with Crippen molar-refractivity contribution in [2.45, 2.75) is 83.2 Å². The van der Waals surface area contributed by atoms with Crippen LogP contribution in [0.25, 0.3) is 0 Å². The summed E-state index contributed by atoms with van der Waals surface area (Å²) in [7, 11) is 0. The maximum atomic E-state index is 8.91. The van der Waals surface area contributed by atoms with Crippen LogP contribution in [0.2, 0.25) is 0 Å². The first-order valence-electron chi connectivity index (χ1n) is 9.45. The van der Waals surface area contributed by atoms with Gasteiger partial charge in [-0.05, 0) is 43.4 Å². The van der Waals surface area contributed by atoms with Crippen molar-refractivity contribution in [3.05, 3.63) is 35.4 Å². The van der Waals surface area contributed by atoms with Gasteiger partial charge >= 0.3 is 0 Å². The molecule has 2 nitrogen and oxygen atoms in total. The number of benzene rings is 1. The molecule has 0 amide bonds. The molecular formula is C21H31NO. The van der Waals surface area contributed by atoms with Gasteiger partial charge in [-0.25, -0.2) is 0 Å². The second-order valence-electron chi connectivity index (χ2n) is 6.86. The molecule has 1 fully saturated rings. The van der Waals surface area contributed by atoms with Crippen molar-refractivity contribution in [3.8, 4) is 6.07 Å². The van der Waals surface area contributed by atoms with Gasteiger partial charge in [-0.2, -0.15) is 5.26 Å². The number of unbranched alkanes of at least 4 members (excludes halogenated alkanes) is 7. The second kappa shape index (κ2) is 9.73. The average molecular weight is 313 g/mol. The van der Waals surface area contributed by atoms with E-state index in [0.29, 0.717) is 0 Å². The number of hydrogen-bond donors (Lipinski definition) is 0. The number of nitriles is 1. The fourth-order valence-electron chi connectivity index (χ4n) is 3.37. The highest BCUT2D eigenvalue weighted by molar-refractivity contribution is 5.35. The Morgan fingerprint density at radius 3 is 2.09 bits per heavy atom. The Morgan fingerprint density at radius 2 is 1.57 bits per heavy atom. The molecular weight excluding hydrogens is 282 g/mol. The van der Waals surface area contributed by atoms with Crippen LogP contribution >= 0.6 is 0 Å². The first kappa shape index (κ1) is 18.0. The Bertz CT molecular complexity index is 482. The quantitative estimate of drug-likeness (QED) is 0.463. The molecule has 0 heterocycles.